The van der Waals surface area contributed by atoms with Crippen molar-refractivity contribution in [3.05, 3.63) is 36.4 Å². The van der Waals surface area contributed by atoms with Crippen molar-refractivity contribution in [2.45, 2.75) is 56.5 Å². The molecule has 0 spiro atoms. The summed E-state index contributed by atoms with van der Waals surface area (Å²) in [4.78, 5) is 7.31. The highest BCUT2D eigenvalue weighted by Gasteiger charge is 2.49. The number of imidazole rings is 1. The van der Waals surface area contributed by atoms with Crippen molar-refractivity contribution < 1.29 is 4.74 Å². The first-order chi connectivity index (χ1) is 14.3. The second-order valence-electron chi connectivity index (χ2n) is 9.72. The molecule has 2 saturated heterocycles. The van der Waals surface area contributed by atoms with E-state index in [4.69, 9.17) is 9.72 Å². The largest absolute Gasteiger partial charge is 0.494 e. The van der Waals surface area contributed by atoms with Gasteiger partial charge in [0.25, 0.3) is 0 Å². The standard InChI is InChI=1S/C23H27N5OS/c1-22-5-6-23(2,26-22)10-16(9-22)17-12-28-13-19(30-21(28)24-17)14-7-15-11-27(3)25-20(15)18(8-14)29-4/h7-8,11-13,16,26H,5-6,9-10H2,1-4H3. The van der Waals surface area contributed by atoms with E-state index in [0.717, 1.165) is 27.2 Å². The summed E-state index contributed by atoms with van der Waals surface area (Å²) in [5, 5.41) is 9.48. The minimum Gasteiger partial charge on any atom is -0.494 e. The average molecular weight is 422 g/mol. The summed E-state index contributed by atoms with van der Waals surface area (Å²) >= 11 is 1.74. The number of hydrogen-bond acceptors (Lipinski definition) is 5. The number of benzene rings is 1. The lowest BCUT2D eigenvalue weighted by Crippen LogP contribution is -2.52. The Labute approximate surface area is 179 Å². The Morgan fingerprint density at radius 1 is 1.13 bits per heavy atom. The molecule has 1 N–H and O–H groups in total. The number of aromatic nitrogens is 4. The van der Waals surface area contributed by atoms with Crippen molar-refractivity contribution in [3.63, 3.8) is 0 Å². The third-order valence-corrected chi connectivity index (χ3v) is 8.06. The van der Waals surface area contributed by atoms with Crippen LogP contribution in [0.1, 0.15) is 51.1 Å². The fourth-order valence-corrected chi connectivity index (χ4v) is 6.71. The molecule has 2 fully saturated rings. The molecule has 30 heavy (non-hydrogen) atoms. The number of piperidine rings is 1. The van der Waals surface area contributed by atoms with Gasteiger partial charge in [0.05, 0.1) is 17.7 Å². The number of ether oxygens (including phenoxy) is 1. The molecule has 2 atom stereocenters. The van der Waals surface area contributed by atoms with Crippen molar-refractivity contribution in [1.82, 2.24) is 24.5 Å². The molecule has 5 heterocycles. The van der Waals surface area contributed by atoms with Crippen LogP contribution in [0.3, 0.4) is 0 Å². The molecule has 4 aromatic rings. The van der Waals surface area contributed by atoms with Crippen LogP contribution in [-0.2, 0) is 7.05 Å². The lowest BCUT2D eigenvalue weighted by Gasteiger charge is -2.41. The lowest BCUT2D eigenvalue weighted by atomic mass is 9.79. The SMILES string of the molecule is COc1cc(-c2cn3cc(C4CC5(C)CCC(C)(C4)N5)nc3s2)cc2cn(C)nc12. The van der Waals surface area contributed by atoms with Crippen molar-refractivity contribution in [2.75, 3.05) is 7.11 Å². The summed E-state index contributed by atoms with van der Waals surface area (Å²) in [7, 11) is 3.64. The summed E-state index contributed by atoms with van der Waals surface area (Å²) in [5.41, 5.74) is 3.80. The molecule has 0 radical (unpaired) electrons. The van der Waals surface area contributed by atoms with Gasteiger partial charge in [-0.2, -0.15) is 5.10 Å². The van der Waals surface area contributed by atoms with E-state index in [1.54, 1.807) is 18.4 Å². The number of aryl methyl sites for hydroxylation is 1. The summed E-state index contributed by atoms with van der Waals surface area (Å²) in [6, 6.07) is 4.26. The minimum absolute atomic E-state index is 0.259. The molecule has 3 aromatic heterocycles. The molecule has 2 aliphatic heterocycles. The number of nitrogens with zero attached hydrogens (tertiary/aromatic N) is 4. The monoisotopic (exact) mass is 421 g/mol. The summed E-state index contributed by atoms with van der Waals surface area (Å²) in [5.74, 6) is 1.34. The Kier molecular flexibility index (Phi) is 3.73. The maximum atomic E-state index is 5.60. The van der Waals surface area contributed by atoms with Gasteiger partial charge in [0, 0.05) is 48.0 Å². The topological polar surface area (TPSA) is 56.4 Å². The van der Waals surface area contributed by atoms with E-state index < -0.39 is 0 Å². The highest BCUT2D eigenvalue weighted by Crippen LogP contribution is 2.48. The van der Waals surface area contributed by atoms with Gasteiger partial charge in [-0.15, -0.1) is 0 Å². The maximum Gasteiger partial charge on any atom is 0.194 e. The summed E-state index contributed by atoms with van der Waals surface area (Å²) < 4.78 is 9.63. The van der Waals surface area contributed by atoms with E-state index in [2.05, 4.69) is 53.2 Å². The molecular weight excluding hydrogens is 394 g/mol. The number of methoxy groups -OCH3 is 1. The summed E-state index contributed by atoms with van der Waals surface area (Å²) in [6.07, 6.45) is 11.4. The van der Waals surface area contributed by atoms with Gasteiger partial charge >= 0.3 is 0 Å². The fraction of sp³-hybridized carbons (Fsp3) is 0.478. The number of nitrogens with one attached hydrogen (secondary N) is 1. The zero-order chi connectivity index (χ0) is 20.7. The molecule has 6 rings (SSSR count). The molecule has 2 unspecified atom stereocenters. The van der Waals surface area contributed by atoms with Crippen LogP contribution in [0.4, 0.5) is 0 Å². The Balaban J connectivity index is 1.36. The Bertz CT molecular complexity index is 1240. The number of thiazole rings is 1. The molecule has 2 bridgehead atoms. The molecule has 0 saturated carbocycles. The van der Waals surface area contributed by atoms with Gasteiger partial charge in [0.1, 0.15) is 11.3 Å². The average Bonchev–Trinajstić information content (AvgIpc) is 3.40. The molecule has 7 heteroatoms. The molecule has 6 nitrogen and oxygen atoms in total. The molecule has 1 aromatic carbocycles. The van der Waals surface area contributed by atoms with Crippen LogP contribution in [-0.4, -0.2) is 37.4 Å². The number of rotatable bonds is 3. The minimum atomic E-state index is 0.259. The van der Waals surface area contributed by atoms with Crippen LogP contribution in [0.15, 0.2) is 30.7 Å². The predicted molar refractivity (Wildman–Crippen MR) is 120 cm³/mol. The van der Waals surface area contributed by atoms with Crippen LogP contribution >= 0.6 is 11.3 Å². The zero-order valence-corrected chi connectivity index (χ0v) is 18.7. The van der Waals surface area contributed by atoms with E-state index in [0.29, 0.717) is 5.92 Å². The van der Waals surface area contributed by atoms with E-state index in [1.807, 2.05) is 17.9 Å². The smallest absolute Gasteiger partial charge is 0.194 e. The van der Waals surface area contributed by atoms with Crippen molar-refractivity contribution in [2.24, 2.45) is 7.05 Å². The normalized spacial score (nSPS) is 28.6. The van der Waals surface area contributed by atoms with Gasteiger partial charge in [0.15, 0.2) is 4.96 Å². The molecular formula is C23H27N5OS. The van der Waals surface area contributed by atoms with Crippen molar-refractivity contribution in [1.29, 1.82) is 0 Å². The highest BCUT2D eigenvalue weighted by atomic mass is 32.1. The van der Waals surface area contributed by atoms with Crippen LogP contribution in [0.2, 0.25) is 0 Å². The van der Waals surface area contributed by atoms with Crippen LogP contribution in [0, 0.1) is 0 Å². The van der Waals surface area contributed by atoms with E-state index >= 15 is 0 Å². The first-order valence-corrected chi connectivity index (χ1v) is 11.4. The van der Waals surface area contributed by atoms with Gasteiger partial charge < -0.3 is 10.1 Å². The quantitative estimate of drug-likeness (QED) is 0.519. The van der Waals surface area contributed by atoms with E-state index in [9.17, 15) is 0 Å². The van der Waals surface area contributed by atoms with E-state index in [1.165, 1.54) is 36.3 Å². The molecule has 0 aliphatic carbocycles. The second kappa shape index (κ2) is 6.08. The molecule has 156 valence electrons. The van der Waals surface area contributed by atoms with Gasteiger partial charge in [0.2, 0.25) is 0 Å². The van der Waals surface area contributed by atoms with Crippen LogP contribution < -0.4 is 10.1 Å². The first kappa shape index (κ1) is 18.4. The number of fused-ring (bicyclic) bond motifs is 4. The molecule has 2 aliphatic rings. The molecule has 0 amide bonds. The van der Waals surface area contributed by atoms with Gasteiger partial charge in [-0.25, -0.2) is 4.98 Å². The van der Waals surface area contributed by atoms with Gasteiger partial charge in [-0.1, -0.05) is 11.3 Å². The third kappa shape index (κ3) is 2.79. The first-order valence-electron chi connectivity index (χ1n) is 10.6. The maximum absolute atomic E-state index is 5.60. The van der Waals surface area contributed by atoms with Crippen molar-refractivity contribution in [3.8, 4) is 16.2 Å². The zero-order valence-electron chi connectivity index (χ0n) is 17.9. The number of hydrogen-bond donors (Lipinski definition) is 1. The van der Waals surface area contributed by atoms with Gasteiger partial charge in [-0.3, -0.25) is 9.08 Å². The second-order valence-corrected chi connectivity index (χ2v) is 10.7. The Morgan fingerprint density at radius 2 is 1.90 bits per heavy atom. The summed E-state index contributed by atoms with van der Waals surface area (Å²) in [6.45, 7) is 4.76. The Morgan fingerprint density at radius 3 is 2.60 bits per heavy atom. The lowest BCUT2D eigenvalue weighted by molar-refractivity contribution is 0.208. The third-order valence-electron chi connectivity index (χ3n) is 7.01. The van der Waals surface area contributed by atoms with E-state index in [-0.39, 0.29) is 11.1 Å². The fourth-order valence-electron chi connectivity index (χ4n) is 5.75. The van der Waals surface area contributed by atoms with Gasteiger partial charge in [-0.05, 0) is 57.2 Å². The Hall–Kier alpha value is -2.38. The van der Waals surface area contributed by atoms with Crippen LogP contribution in [0.5, 0.6) is 5.75 Å². The highest BCUT2D eigenvalue weighted by molar-refractivity contribution is 7.20. The van der Waals surface area contributed by atoms with Crippen LogP contribution in [0.25, 0.3) is 26.3 Å². The van der Waals surface area contributed by atoms with Crippen molar-refractivity contribution >= 4 is 27.2 Å². The predicted octanol–water partition coefficient (Wildman–Crippen LogP) is 4.74.